The van der Waals surface area contributed by atoms with Crippen molar-refractivity contribution in [1.29, 1.82) is 0 Å². The molecular formula is C16H27N5O3. The van der Waals surface area contributed by atoms with Crippen LogP contribution in [0.4, 0.5) is 0 Å². The molecule has 1 amide bonds. The van der Waals surface area contributed by atoms with Gasteiger partial charge in [-0.1, -0.05) is 0 Å². The number of nitrogens with zero attached hydrogens (tertiary/aromatic N) is 4. The summed E-state index contributed by atoms with van der Waals surface area (Å²) in [5, 5.41) is 7.56. The molecule has 3 heterocycles. The Kier molecular flexibility index (Phi) is 5.35. The van der Waals surface area contributed by atoms with Gasteiger partial charge in [-0.3, -0.25) is 9.36 Å². The molecule has 1 atom stereocenters. The van der Waals surface area contributed by atoms with Gasteiger partial charge in [-0.25, -0.2) is 9.48 Å². The maximum Gasteiger partial charge on any atom is 0.345 e. The van der Waals surface area contributed by atoms with Gasteiger partial charge in [0.1, 0.15) is 11.9 Å². The smallest absolute Gasteiger partial charge is 0.345 e. The van der Waals surface area contributed by atoms with Gasteiger partial charge in [-0.2, -0.15) is 5.10 Å². The largest absolute Gasteiger partial charge is 0.366 e. The molecule has 2 aliphatic rings. The lowest BCUT2D eigenvalue weighted by Crippen LogP contribution is -2.51. The maximum atomic E-state index is 12.5. The molecule has 0 bridgehead atoms. The quantitative estimate of drug-likeness (QED) is 0.791. The number of hydrogen-bond acceptors (Lipinski definition) is 5. The number of hydrogen-bond donors (Lipinski definition) is 1. The summed E-state index contributed by atoms with van der Waals surface area (Å²) in [6.45, 7) is 6.14. The van der Waals surface area contributed by atoms with Crippen LogP contribution in [0.5, 0.6) is 0 Å². The Bertz CT molecular complexity index is 624. The minimum absolute atomic E-state index is 0.0536. The van der Waals surface area contributed by atoms with Crippen LogP contribution in [0.1, 0.15) is 25.6 Å². The molecule has 2 aliphatic heterocycles. The molecule has 8 heteroatoms. The highest BCUT2D eigenvalue weighted by atomic mass is 16.5. The number of aryl methyl sites for hydroxylation is 1. The third kappa shape index (κ3) is 3.54. The van der Waals surface area contributed by atoms with E-state index >= 15 is 0 Å². The SMILES string of the molecule is CCn1c(CC2CCN(C(=O)[C@H]3CNCCO3)CC2)nn(C)c1=O. The lowest BCUT2D eigenvalue weighted by molar-refractivity contribution is -0.146. The second-order valence-electron chi connectivity index (χ2n) is 6.60. The molecule has 134 valence electrons. The Labute approximate surface area is 141 Å². The Morgan fingerprint density at radius 2 is 2.12 bits per heavy atom. The summed E-state index contributed by atoms with van der Waals surface area (Å²) in [6, 6.07) is 0. The van der Waals surface area contributed by atoms with E-state index in [1.807, 2.05) is 11.8 Å². The monoisotopic (exact) mass is 337 g/mol. The average Bonchev–Trinajstić information content (AvgIpc) is 2.89. The summed E-state index contributed by atoms with van der Waals surface area (Å²) >= 11 is 0. The van der Waals surface area contributed by atoms with E-state index < -0.39 is 0 Å². The third-order valence-corrected chi connectivity index (χ3v) is 5.00. The highest BCUT2D eigenvalue weighted by molar-refractivity contribution is 5.81. The summed E-state index contributed by atoms with van der Waals surface area (Å²) in [7, 11) is 1.69. The van der Waals surface area contributed by atoms with Crippen LogP contribution in [0.2, 0.25) is 0 Å². The summed E-state index contributed by atoms with van der Waals surface area (Å²) in [6.07, 6.45) is 2.35. The van der Waals surface area contributed by atoms with Gasteiger partial charge in [0.05, 0.1) is 6.61 Å². The number of ether oxygens (including phenoxy) is 1. The number of likely N-dealkylation sites (tertiary alicyclic amines) is 1. The van der Waals surface area contributed by atoms with Crippen molar-refractivity contribution < 1.29 is 9.53 Å². The lowest BCUT2D eigenvalue weighted by Gasteiger charge is -2.35. The Hall–Kier alpha value is -1.67. The number of carbonyl (C=O) groups is 1. The van der Waals surface area contributed by atoms with E-state index in [1.165, 1.54) is 4.68 Å². The van der Waals surface area contributed by atoms with Crippen LogP contribution in [0, 0.1) is 5.92 Å². The fourth-order valence-corrected chi connectivity index (χ4v) is 3.57. The van der Waals surface area contributed by atoms with Crippen LogP contribution >= 0.6 is 0 Å². The first kappa shape index (κ1) is 17.2. The minimum atomic E-state index is -0.337. The number of piperidine rings is 1. The molecule has 0 saturated carbocycles. The molecule has 0 aliphatic carbocycles. The number of rotatable bonds is 4. The van der Waals surface area contributed by atoms with E-state index in [1.54, 1.807) is 11.6 Å². The van der Waals surface area contributed by atoms with Gasteiger partial charge < -0.3 is 15.0 Å². The van der Waals surface area contributed by atoms with Crippen molar-refractivity contribution in [2.75, 3.05) is 32.8 Å². The van der Waals surface area contributed by atoms with Gasteiger partial charge in [-0.15, -0.1) is 0 Å². The minimum Gasteiger partial charge on any atom is -0.366 e. The molecule has 8 nitrogen and oxygen atoms in total. The van der Waals surface area contributed by atoms with Gasteiger partial charge in [0.25, 0.3) is 5.91 Å². The van der Waals surface area contributed by atoms with Crippen LogP contribution in [0.15, 0.2) is 4.79 Å². The van der Waals surface area contributed by atoms with Crippen LogP contribution in [0.25, 0.3) is 0 Å². The van der Waals surface area contributed by atoms with Crippen molar-refractivity contribution in [2.45, 2.75) is 38.8 Å². The zero-order valence-corrected chi connectivity index (χ0v) is 14.5. The van der Waals surface area contributed by atoms with Crippen molar-refractivity contribution >= 4 is 5.91 Å². The van der Waals surface area contributed by atoms with E-state index in [4.69, 9.17) is 4.74 Å². The van der Waals surface area contributed by atoms with Gasteiger partial charge in [0, 0.05) is 46.2 Å². The standard InChI is InChI=1S/C16H27N5O3/c1-3-21-14(18-19(2)16(21)23)10-12-4-7-20(8-5-12)15(22)13-11-17-6-9-24-13/h12-13,17H,3-11H2,1-2H3/t13-/m1/s1. The molecule has 0 unspecified atom stereocenters. The average molecular weight is 337 g/mol. The number of amides is 1. The Morgan fingerprint density at radius 3 is 2.75 bits per heavy atom. The second-order valence-corrected chi connectivity index (χ2v) is 6.60. The first-order valence-corrected chi connectivity index (χ1v) is 8.84. The third-order valence-electron chi connectivity index (χ3n) is 5.00. The lowest BCUT2D eigenvalue weighted by atomic mass is 9.93. The van der Waals surface area contributed by atoms with Crippen LogP contribution < -0.4 is 11.0 Å². The summed E-state index contributed by atoms with van der Waals surface area (Å²) in [5.74, 6) is 1.42. The maximum absolute atomic E-state index is 12.5. The Balaban J connectivity index is 1.54. The fraction of sp³-hybridized carbons (Fsp3) is 0.812. The molecule has 1 N–H and O–H groups in total. The number of nitrogens with one attached hydrogen (secondary N) is 1. The predicted octanol–water partition coefficient (Wildman–Crippen LogP) is -0.629. The molecule has 0 spiro atoms. The van der Waals surface area contributed by atoms with E-state index in [-0.39, 0.29) is 17.7 Å². The number of aromatic nitrogens is 3. The Morgan fingerprint density at radius 1 is 1.38 bits per heavy atom. The predicted molar refractivity (Wildman–Crippen MR) is 88.8 cm³/mol. The number of morpholine rings is 1. The molecule has 2 fully saturated rings. The summed E-state index contributed by atoms with van der Waals surface area (Å²) in [5.41, 5.74) is -0.0536. The van der Waals surface area contributed by atoms with Crippen molar-refractivity contribution in [1.82, 2.24) is 24.6 Å². The normalized spacial score (nSPS) is 22.8. The van der Waals surface area contributed by atoms with Crippen LogP contribution in [-0.4, -0.2) is 64.0 Å². The number of carbonyl (C=O) groups excluding carboxylic acids is 1. The molecule has 2 saturated heterocycles. The van der Waals surface area contributed by atoms with Crippen LogP contribution in [0.3, 0.4) is 0 Å². The zero-order valence-electron chi connectivity index (χ0n) is 14.5. The highest BCUT2D eigenvalue weighted by Crippen LogP contribution is 2.21. The van der Waals surface area contributed by atoms with Gasteiger partial charge in [0.2, 0.25) is 0 Å². The fourth-order valence-electron chi connectivity index (χ4n) is 3.57. The summed E-state index contributed by atoms with van der Waals surface area (Å²) in [4.78, 5) is 26.4. The van der Waals surface area contributed by atoms with Crippen molar-refractivity contribution in [3.63, 3.8) is 0 Å². The van der Waals surface area contributed by atoms with E-state index in [2.05, 4.69) is 10.4 Å². The molecule has 1 aromatic heterocycles. The van der Waals surface area contributed by atoms with E-state index in [0.717, 1.165) is 44.7 Å². The van der Waals surface area contributed by atoms with Crippen LogP contribution in [-0.2, 0) is 29.5 Å². The molecule has 3 rings (SSSR count). The van der Waals surface area contributed by atoms with Gasteiger partial charge in [-0.05, 0) is 25.7 Å². The molecule has 0 aromatic carbocycles. The molecule has 0 radical (unpaired) electrons. The first-order valence-electron chi connectivity index (χ1n) is 8.84. The molecule has 1 aromatic rings. The highest BCUT2D eigenvalue weighted by Gasteiger charge is 2.30. The topological polar surface area (TPSA) is 81.4 Å². The molecule has 24 heavy (non-hydrogen) atoms. The van der Waals surface area contributed by atoms with Crippen molar-refractivity contribution in [3.8, 4) is 0 Å². The van der Waals surface area contributed by atoms with E-state index in [9.17, 15) is 9.59 Å². The zero-order chi connectivity index (χ0) is 17.1. The van der Waals surface area contributed by atoms with Crippen molar-refractivity contribution in [3.05, 3.63) is 16.3 Å². The summed E-state index contributed by atoms with van der Waals surface area (Å²) < 4.78 is 8.70. The molecular weight excluding hydrogens is 310 g/mol. The first-order chi connectivity index (χ1) is 11.6. The second kappa shape index (κ2) is 7.48. The van der Waals surface area contributed by atoms with Crippen molar-refractivity contribution in [2.24, 2.45) is 13.0 Å². The van der Waals surface area contributed by atoms with Gasteiger partial charge >= 0.3 is 5.69 Å². The van der Waals surface area contributed by atoms with Gasteiger partial charge in [0.15, 0.2) is 0 Å². The van der Waals surface area contributed by atoms with E-state index in [0.29, 0.717) is 25.6 Å².